The van der Waals surface area contributed by atoms with Gasteiger partial charge in [0, 0.05) is 18.4 Å². The van der Waals surface area contributed by atoms with E-state index in [1.165, 1.54) is 52.1 Å². The molecule has 0 heterocycles. The van der Waals surface area contributed by atoms with Gasteiger partial charge in [-0.3, -0.25) is 10.1 Å². The minimum absolute atomic E-state index is 0.114. The van der Waals surface area contributed by atoms with E-state index in [9.17, 15) is 14.9 Å². The fraction of sp³-hybridized carbons (Fsp3) is 0.897. The number of nitrogens with zero attached hydrogens (tertiary/aromatic N) is 1. The van der Waals surface area contributed by atoms with E-state index in [1.54, 1.807) is 0 Å². The highest BCUT2D eigenvalue weighted by molar-refractivity contribution is 5.60. The summed E-state index contributed by atoms with van der Waals surface area (Å²) in [6, 6.07) is 0. The van der Waals surface area contributed by atoms with E-state index in [4.69, 9.17) is 4.74 Å². The first-order chi connectivity index (χ1) is 16.5. The standard InChI is InChI=1S/C29H47NO5/c1-18(2)8-7-9-19(3)22-10-11-23-21-17-26(30(32)33)25-16-20(35-27(31)34-6)12-14-29(25,5)24(21)13-15-28(22,23)4/h18-24H,7-17H2,1-6H3/t19-,20+,21-,22+,23-,24-,28-,29-/m0/s1. The molecule has 0 N–H and O–H groups in total. The highest BCUT2D eigenvalue weighted by atomic mass is 16.7. The summed E-state index contributed by atoms with van der Waals surface area (Å²) in [7, 11) is 1.31. The molecule has 0 spiro atoms. The normalized spacial score (nSPS) is 39.5. The lowest BCUT2D eigenvalue weighted by Crippen LogP contribution is -2.52. The molecule has 198 valence electrons. The lowest BCUT2D eigenvalue weighted by atomic mass is 9.46. The van der Waals surface area contributed by atoms with Gasteiger partial charge in [0.2, 0.25) is 5.70 Å². The number of fused-ring (bicyclic) bond motifs is 5. The second kappa shape index (κ2) is 10.0. The minimum Gasteiger partial charge on any atom is -0.438 e. The van der Waals surface area contributed by atoms with Gasteiger partial charge in [0.15, 0.2) is 0 Å². The quantitative estimate of drug-likeness (QED) is 0.207. The van der Waals surface area contributed by atoms with Crippen molar-refractivity contribution in [1.29, 1.82) is 0 Å². The molecule has 4 rings (SSSR count). The van der Waals surface area contributed by atoms with Crippen molar-refractivity contribution < 1.29 is 19.2 Å². The lowest BCUT2D eigenvalue weighted by molar-refractivity contribution is -0.434. The van der Waals surface area contributed by atoms with Crippen LogP contribution in [0.2, 0.25) is 0 Å². The average molecular weight is 490 g/mol. The van der Waals surface area contributed by atoms with Crippen molar-refractivity contribution in [2.75, 3.05) is 7.11 Å². The van der Waals surface area contributed by atoms with Gasteiger partial charge in [0.05, 0.1) is 12.0 Å². The van der Waals surface area contributed by atoms with E-state index >= 15 is 0 Å². The largest absolute Gasteiger partial charge is 0.508 e. The molecule has 35 heavy (non-hydrogen) atoms. The number of allylic oxidation sites excluding steroid dienone is 1. The van der Waals surface area contributed by atoms with Crippen LogP contribution in [0.1, 0.15) is 105 Å². The molecule has 8 atom stereocenters. The Morgan fingerprint density at radius 2 is 1.80 bits per heavy atom. The predicted molar refractivity (Wildman–Crippen MR) is 136 cm³/mol. The van der Waals surface area contributed by atoms with Crippen molar-refractivity contribution >= 4 is 6.16 Å². The van der Waals surface area contributed by atoms with E-state index in [0.29, 0.717) is 41.7 Å². The summed E-state index contributed by atoms with van der Waals surface area (Å²) in [5.74, 6) is 3.70. The molecule has 0 saturated heterocycles. The SMILES string of the molecule is COC(=O)O[C@@H]1CC[C@]2(C)C(=C([N+](=O)[O-])C[C@H]3[C@@H]4CC[C@H]([C@@H](C)CCCC(C)C)[C@]4(C)CC[C@@H]32)C1. The highest BCUT2D eigenvalue weighted by Gasteiger charge is 2.61. The van der Waals surface area contributed by atoms with Gasteiger partial charge in [0.25, 0.3) is 0 Å². The van der Waals surface area contributed by atoms with Crippen molar-refractivity contribution in [3.05, 3.63) is 21.4 Å². The summed E-state index contributed by atoms with van der Waals surface area (Å²) in [6.45, 7) is 11.9. The molecule has 3 saturated carbocycles. The fourth-order valence-corrected chi connectivity index (χ4v) is 9.23. The van der Waals surface area contributed by atoms with Crippen molar-refractivity contribution in [2.24, 2.45) is 46.3 Å². The molecule has 3 fully saturated rings. The number of ether oxygens (including phenoxy) is 2. The monoisotopic (exact) mass is 489 g/mol. The Balaban J connectivity index is 1.57. The van der Waals surface area contributed by atoms with Crippen molar-refractivity contribution in [3.8, 4) is 0 Å². The molecule has 6 nitrogen and oxygen atoms in total. The summed E-state index contributed by atoms with van der Waals surface area (Å²) >= 11 is 0. The first-order valence-electron chi connectivity index (χ1n) is 14.1. The molecule has 4 aliphatic carbocycles. The molecule has 0 bridgehead atoms. The number of hydrogen-bond donors (Lipinski definition) is 0. The number of nitro groups is 1. The zero-order chi connectivity index (χ0) is 25.5. The summed E-state index contributed by atoms with van der Waals surface area (Å²) < 4.78 is 10.1. The second-order valence-electron chi connectivity index (χ2n) is 13.1. The van der Waals surface area contributed by atoms with Crippen LogP contribution >= 0.6 is 0 Å². The smallest absolute Gasteiger partial charge is 0.438 e. The molecule has 0 aromatic heterocycles. The molecule has 0 aliphatic heterocycles. The number of methoxy groups -OCH3 is 1. The summed E-state index contributed by atoms with van der Waals surface area (Å²) in [4.78, 5) is 23.9. The van der Waals surface area contributed by atoms with Crippen LogP contribution in [0.15, 0.2) is 11.3 Å². The van der Waals surface area contributed by atoms with Gasteiger partial charge in [0.1, 0.15) is 6.10 Å². The van der Waals surface area contributed by atoms with Gasteiger partial charge in [-0.15, -0.1) is 0 Å². The third-order valence-electron chi connectivity index (χ3n) is 11.0. The Morgan fingerprint density at radius 1 is 1.06 bits per heavy atom. The number of rotatable bonds is 7. The van der Waals surface area contributed by atoms with Crippen LogP contribution in [0.25, 0.3) is 0 Å². The molecule has 6 heteroatoms. The van der Waals surface area contributed by atoms with Crippen LogP contribution in [0.5, 0.6) is 0 Å². The van der Waals surface area contributed by atoms with Crippen molar-refractivity contribution in [3.63, 3.8) is 0 Å². The van der Waals surface area contributed by atoms with Crippen LogP contribution in [0.3, 0.4) is 0 Å². The first-order valence-corrected chi connectivity index (χ1v) is 14.1. The Kier molecular flexibility index (Phi) is 7.60. The Labute approximate surface area is 211 Å². The first kappa shape index (κ1) is 26.5. The molecular weight excluding hydrogens is 442 g/mol. The zero-order valence-corrected chi connectivity index (χ0v) is 22.8. The Bertz CT molecular complexity index is 852. The molecule has 0 radical (unpaired) electrons. The summed E-state index contributed by atoms with van der Waals surface area (Å²) in [5, 5.41) is 12.3. The van der Waals surface area contributed by atoms with E-state index in [1.807, 2.05) is 0 Å². The number of carbonyl (C=O) groups excluding carboxylic acids is 1. The fourth-order valence-electron chi connectivity index (χ4n) is 9.23. The van der Waals surface area contributed by atoms with Gasteiger partial charge in [-0.25, -0.2) is 4.79 Å². The average Bonchev–Trinajstić information content (AvgIpc) is 3.15. The van der Waals surface area contributed by atoms with Crippen LogP contribution < -0.4 is 0 Å². The van der Waals surface area contributed by atoms with Gasteiger partial charge < -0.3 is 9.47 Å². The third kappa shape index (κ3) is 4.75. The van der Waals surface area contributed by atoms with E-state index in [0.717, 1.165) is 36.2 Å². The van der Waals surface area contributed by atoms with E-state index in [-0.39, 0.29) is 16.4 Å². The van der Waals surface area contributed by atoms with Gasteiger partial charge in [-0.2, -0.15) is 0 Å². The molecular formula is C29H47NO5. The van der Waals surface area contributed by atoms with Crippen LogP contribution in [-0.4, -0.2) is 24.3 Å². The zero-order valence-electron chi connectivity index (χ0n) is 22.8. The maximum Gasteiger partial charge on any atom is 0.508 e. The number of carbonyl (C=O) groups is 1. The molecule has 0 aromatic rings. The van der Waals surface area contributed by atoms with Gasteiger partial charge in [-0.05, 0) is 84.9 Å². The number of hydrogen-bond acceptors (Lipinski definition) is 5. The molecule has 0 unspecified atom stereocenters. The Hall–Kier alpha value is -1.59. The van der Waals surface area contributed by atoms with E-state index in [2.05, 4.69) is 39.4 Å². The molecule has 0 aromatic carbocycles. The Morgan fingerprint density at radius 3 is 2.46 bits per heavy atom. The molecule has 0 amide bonds. The van der Waals surface area contributed by atoms with Crippen LogP contribution in [0, 0.1) is 56.5 Å². The van der Waals surface area contributed by atoms with Crippen LogP contribution in [-0.2, 0) is 9.47 Å². The summed E-state index contributed by atoms with van der Waals surface area (Å²) in [6.07, 6.45) is 10.5. The lowest BCUT2D eigenvalue weighted by Gasteiger charge is -2.58. The van der Waals surface area contributed by atoms with Crippen molar-refractivity contribution in [2.45, 2.75) is 111 Å². The van der Waals surface area contributed by atoms with Crippen molar-refractivity contribution in [1.82, 2.24) is 0 Å². The molecule has 4 aliphatic rings. The van der Waals surface area contributed by atoms with Crippen LogP contribution in [0.4, 0.5) is 4.79 Å². The minimum atomic E-state index is -0.691. The van der Waals surface area contributed by atoms with E-state index < -0.39 is 6.16 Å². The topological polar surface area (TPSA) is 78.7 Å². The van der Waals surface area contributed by atoms with Gasteiger partial charge >= 0.3 is 6.16 Å². The van der Waals surface area contributed by atoms with Gasteiger partial charge in [-0.1, -0.05) is 53.9 Å². The highest BCUT2D eigenvalue weighted by Crippen LogP contribution is 2.68. The predicted octanol–water partition coefficient (Wildman–Crippen LogP) is 7.78. The summed E-state index contributed by atoms with van der Waals surface area (Å²) in [5.41, 5.74) is 1.51. The maximum atomic E-state index is 12.3. The third-order valence-corrected chi connectivity index (χ3v) is 11.0. The second-order valence-corrected chi connectivity index (χ2v) is 13.1. The maximum absolute atomic E-state index is 12.3.